The predicted molar refractivity (Wildman–Crippen MR) is 124 cm³/mol. The van der Waals surface area contributed by atoms with Gasteiger partial charge in [0.1, 0.15) is 5.75 Å². The molecule has 2 aromatic carbocycles. The minimum absolute atomic E-state index is 0.0337. The highest BCUT2D eigenvalue weighted by Crippen LogP contribution is 2.38. The smallest absolute Gasteiger partial charge is 0.303 e. The normalized spacial score (nSPS) is 19.9. The van der Waals surface area contributed by atoms with Crippen molar-refractivity contribution in [3.63, 3.8) is 0 Å². The van der Waals surface area contributed by atoms with Gasteiger partial charge in [-0.25, -0.2) is 0 Å². The van der Waals surface area contributed by atoms with Gasteiger partial charge in [0, 0.05) is 17.4 Å². The van der Waals surface area contributed by atoms with Crippen LogP contribution in [0.15, 0.2) is 48.5 Å². The second kappa shape index (κ2) is 10.8. The van der Waals surface area contributed by atoms with E-state index >= 15 is 0 Å². The summed E-state index contributed by atoms with van der Waals surface area (Å²) in [6, 6.07) is 15.3. The first-order chi connectivity index (χ1) is 15.6. The molecule has 2 aliphatic rings. The Bertz CT molecular complexity index is 921. The van der Waals surface area contributed by atoms with Gasteiger partial charge >= 0.3 is 5.97 Å². The molecule has 2 unspecified atom stereocenters. The molecule has 1 heterocycles. The lowest BCUT2D eigenvalue weighted by molar-refractivity contribution is -0.137. The maximum Gasteiger partial charge on any atom is 0.303 e. The quantitative estimate of drug-likeness (QED) is 0.551. The Morgan fingerprint density at radius 3 is 2.62 bits per heavy atom. The number of aliphatic carboxylic acids is 1. The number of fused-ring (bicyclic) bond motifs is 1. The van der Waals surface area contributed by atoms with Crippen LogP contribution in [0, 0.1) is 11.8 Å². The van der Waals surface area contributed by atoms with E-state index in [2.05, 4.69) is 5.32 Å². The number of ether oxygens (including phenoxy) is 1. The molecule has 2 N–H and O–H groups in total. The molecule has 2 aromatic rings. The van der Waals surface area contributed by atoms with Crippen LogP contribution in [0.25, 0.3) is 0 Å². The van der Waals surface area contributed by atoms with Crippen molar-refractivity contribution >= 4 is 11.8 Å². The SMILES string of the molecule is O=C(O)CC(c1ccccc1)C1CCc2cc(OCCCC3CCNCC3)ccc2C1=O. The first kappa shape index (κ1) is 22.5. The zero-order valence-electron chi connectivity index (χ0n) is 18.6. The largest absolute Gasteiger partial charge is 0.494 e. The summed E-state index contributed by atoms with van der Waals surface area (Å²) >= 11 is 0. The average molecular weight is 436 g/mol. The van der Waals surface area contributed by atoms with E-state index in [9.17, 15) is 14.7 Å². The molecule has 1 aliphatic carbocycles. The van der Waals surface area contributed by atoms with Gasteiger partial charge in [0.05, 0.1) is 13.0 Å². The number of rotatable bonds is 9. The first-order valence-electron chi connectivity index (χ1n) is 11.9. The van der Waals surface area contributed by atoms with Crippen LogP contribution in [0.5, 0.6) is 5.75 Å². The topological polar surface area (TPSA) is 75.6 Å². The highest BCUT2D eigenvalue weighted by molar-refractivity contribution is 6.01. The third-order valence-electron chi connectivity index (χ3n) is 7.00. The third-order valence-corrected chi connectivity index (χ3v) is 7.00. The van der Waals surface area contributed by atoms with Crippen LogP contribution in [0.3, 0.4) is 0 Å². The molecule has 1 aliphatic heterocycles. The van der Waals surface area contributed by atoms with Crippen LogP contribution in [-0.2, 0) is 11.2 Å². The molecule has 5 heteroatoms. The standard InChI is InChI=1S/C27H33NO4/c29-26(30)18-25(20-6-2-1-3-7-20)24-10-8-21-17-22(9-11-23(21)27(24)31)32-16-4-5-19-12-14-28-15-13-19/h1-3,6-7,9,11,17,19,24-25,28H,4-5,8,10,12-16,18H2,(H,29,30). The van der Waals surface area contributed by atoms with E-state index < -0.39 is 5.97 Å². The molecule has 0 saturated carbocycles. The molecule has 0 spiro atoms. The van der Waals surface area contributed by atoms with E-state index in [0.717, 1.165) is 54.3 Å². The van der Waals surface area contributed by atoms with Crippen molar-refractivity contribution < 1.29 is 19.4 Å². The number of carbonyl (C=O) groups is 2. The summed E-state index contributed by atoms with van der Waals surface area (Å²) < 4.78 is 5.99. The summed E-state index contributed by atoms with van der Waals surface area (Å²) in [6.45, 7) is 2.96. The monoisotopic (exact) mass is 435 g/mol. The lowest BCUT2D eigenvalue weighted by Crippen LogP contribution is -2.29. The number of carboxylic acid groups (broad SMARTS) is 1. The number of piperidine rings is 1. The van der Waals surface area contributed by atoms with Gasteiger partial charge in [0.15, 0.2) is 5.78 Å². The number of hydrogen-bond donors (Lipinski definition) is 2. The molecule has 1 saturated heterocycles. The number of aryl methyl sites for hydroxylation is 1. The summed E-state index contributed by atoms with van der Waals surface area (Å²) in [6.07, 6.45) is 6.17. The van der Waals surface area contributed by atoms with E-state index in [1.165, 1.54) is 19.3 Å². The fourth-order valence-corrected chi connectivity index (χ4v) is 5.25. The summed E-state index contributed by atoms with van der Waals surface area (Å²) in [4.78, 5) is 24.8. The van der Waals surface area contributed by atoms with E-state index in [4.69, 9.17) is 4.74 Å². The molecule has 0 bridgehead atoms. The van der Waals surface area contributed by atoms with Crippen molar-refractivity contribution in [2.24, 2.45) is 11.8 Å². The van der Waals surface area contributed by atoms with Gasteiger partial charge in [-0.3, -0.25) is 9.59 Å². The summed E-state index contributed by atoms with van der Waals surface area (Å²) in [5.74, 6) is 0.203. The van der Waals surface area contributed by atoms with Gasteiger partial charge in [-0.1, -0.05) is 30.3 Å². The number of hydrogen-bond acceptors (Lipinski definition) is 4. The molecular formula is C27H33NO4. The van der Waals surface area contributed by atoms with Crippen LogP contribution in [0.4, 0.5) is 0 Å². The third kappa shape index (κ3) is 5.57. The number of carbonyl (C=O) groups excluding carboxylic acids is 1. The molecule has 4 rings (SSSR count). The Labute approximate surface area is 190 Å². The van der Waals surface area contributed by atoms with Crippen LogP contribution in [-0.4, -0.2) is 36.6 Å². The molecule has 1 fully saturated rings. The Kier molecular flexibility index (Phi) is 7.59. The minimum atomic E-state index is -0.870. The van der Waals surface area contributed by atoms with Crippen LogP contribution in [0.2, 0.25) is 0 Å². The first-order valence-corrected chi connectivity index (χ1v) is 11.9. The molecular weight excluding hydrogens is 402 g/mol. The Hall–Kier alpha value is -2.66. The van der Waals surface area contributed by atoms with E-state index in [-0.39, 0.29) is 24.0 Å². The fourth-order valence-electron chi connectivity index (χ4n) is 5.25. The van der Waals surface area contributed by atoms with Crippen molar-refractivity contribution in [2.45, 2.75) is 50.9 Å². The number of carboxylic acids is 1. The highest BCUT2D eigenvalue weighted by atomic mass is 16.5. The maximum atomic E-state index is 13.3. The Morgan fingerprint density at radius 2 is 1.88 bits per heavy atom. The average Bonchev–Trinajstić information content (AvgIpc) is 2.82. The second-order valence-corrected chi connectivity index (χ2v) is 9.13. The van der Waals surface area contributed by atoms with Crippen molar-refractivity contribution in [3.8, 4) is 5.75 Å². The van der Waals surface area contributed by atoms with Gasteiger partial charge in [-0.2, -0.15) is 0 Å². The number of Topliss-reactive ketones (excluding diaryl/α,β-unsaturated/α-hetero) is 1. The summed E-state index contributed by atoms with van der Waals surface area (Å²) in [5.41, 5.74) is 2.66. The number of benzene rings is 2. The van der Waals surface area contributed by atoms with Crippen LogP contribution in [0.1, 0.15) is 65.9 Å². The van der Waals surface area contributed by atoms with Crippen LogP contribution >= 0.6 is 0 Å². The molecule has 0 radical (unpaired) electrons. The molecule has 0 aromatic heterocycles. The fraction of sp³-hybridized carbons (Fsp3) is 0.481. The van der Waals surface area contributed by atoms with Gasteiger partial charge in [0.2, 0.25) is 0 Å². The Balaban J connectivity index is 1.39. The van der Waals surface area contributed by atoms with Gasteiger partial charge in [0.25, 0.3) is 0 Å². The molecule has 32 heavy (non-hydrogen) atoms. The number of nitrogens with one attached hydrogen (secondary N) is 1. The zero-order chi connectivity index (χ0) is 22.3. The van der Waals surface area contributed by atoms with Gasteiger partial charge in [-0.05, 0) is 86.9 Å². The molecule has 170 valence electrons. The van der Waals surface area contributed by atoms with E-state index in [1.54, 1.807) is 0 Å². The van der Waals surface area contributed by atoms with Crippen molar-refractivity contribution in [1.82, 2.24) is 5.32 Å². The zero-order valence-corrected chi connectivity index (χ0v) is 18.6. The Morgan fingerprint density at radius 1 is 1.09 bits per heavy atom. The molecule has 5 nitrogen and oxygen atoms in total. The van der Waals surface area contributed by atoms with Gasteiger partial charge < -0.3 is 15.2 Å². The maximum absolute atomic E-state index is 13.3. The summed E-state index contributed by atoms with van der Waals surface area (Å²) in [5, 5.41) is 12.9. The minimum Gasteiger partial charge on any atom is -0.494 e. The second-order valence-electron chi connectivity index (χ2n) is 9.13. The number of ketones is 1. The van der Waals surface area contributed by atoms with E-state index in [0.29, 0.717) is 13.0 Å². The van der Waals surface area contributed by atoms with Gasteiger partial charge in [-0.15, -0.1) is 0 Å². The molecule has 2 atom stereocenters. The lowest BCUT2D eigenvalue weighted by Gasteiger charge is -2.30. The van der Waals surface area contributed by atoms with Crippen molar-refractivity contribution in [2.75, 3.05) is 19.7 Å². The predicted octanol–water partition coefficient (Wildman–Crippen LogP) is 4.85. The van der Waals surface area contributed by atoms with E-state index in [1.807, 2.05) is 48.5 Å². The molecule has 0 amide bonds. The van der Waals surface area contributed by atoms with Crippen molar-refractivity contribution in [3.05, 3.63) is 65.2 Å². The summed E-state index contributed by atoms with van der Waals surface area (Å²) in [7, 11) is 0. The highest BCUT2D eigenvalue weighted by Gasteiger charge is 2.35. The van der Waals surface area contributed by atoms with Crippen molar-refractivity contribution in [1.29, 1.82) is 0 Å². The lowest BCUT2D eigenvalue weighted by atomic mass is 9.72. The van der Waals surface area contributed by atoms with Crippen LogP contribution < -0.4 is 10.1 Å².